The lowest BCUT2D eigenvalue weighted by molar-refractivity contribution is -0.192. The number of carbonyl (C=O) groups excluding carboxylic acids is 3. The zero-order valence-corrected chi connectivity index (χ0v) is 19.9. The van der Waals surface area contributed by atoms with Crippen LogP contribution in [-0.2, 0) is 20.9 Å². The number of piperidine rings is 2. The van der Waals surface area contributed by atoms with Gasteiger partial charge in [-0.25, -0.2) is 9.48 Å². The van der Waals surface area contributed by atoms with E-state index in [1.54, 1.807) is 15.6 Å². The molecule has 2 N–H and O–H groups in total. The predicted octanol–water partition coefficient (Wildman–Crippen LogP) is 1.47. The van der Waals surface area contributed by atoms with Crippen LogP contribution in [0.5, 0.6) is 0 Å². The molecule has 2 atom stereocenters. The molecule has 198 valence electrons. The molecular formula is C23H25F3N6O5. The summed E-state index contributed by atoms with van der Waals surface area (Å²) in [6.07, 6.45) is -0.229. The Labute approximate surface area is 209 Å². The second-order valence-electron chi connectivity index (χ2n) is 9.23. The standard InChI is InChI=1S/C21H24N6O3.C2HF3O2/c1-25-8-2-3-13(10-25)17-12-27(24-23-17)15-4-5-16-14(9-15)11-26(21(16)30)18-6-7-19(28)22-20(18)29;3-2(4,5)1(6)7/h4-5,9,12-13,18H,2-3,6-8,10-11H2,1H3,(H,22,28,29);(H,6,7). The molecule has 4 heterocycles. The third-order valence-corrected chi connectivity index (χ3v) is 6.57. The Bertz CT molecular complexity index is 1230. The molecule has 0 saturated carbocycles. The van der Waals surface area contributed by atoms with Crippen LogP contribution >= 0.6 is 0 Å². The molecule has 2 saturated heterocycles. The molecule has 14 heteroatoms. The van der Waals surface area contributed by atoms with E-state index in [4.69, 9.17) is 9.90 Å². The van der Waals surface area contributed by atoms with E-state index in [1.807, 2.05) is 18.3 Å². The van der Waals surface area contributed by atoms with E-state index in [0.29, 0.717) is 24.4 Å². The highest BCUT2D eigenvalue weighted by molar-refractivity contribution is 6.05. The van der Waals surface area contributed by atoms with Crippen molar-refractivity contribution >= 4 is 23.7 Å². The first-order valence-electron chi connectivity index (χ1n) is 11.6. The molecule has 1 aromatic carbocycles. The molecule has 3 amide bonds. The van der Waals surface area contributed by atoms with Crippen LogP contribution in [0.15, 0.2) is 24.4 Å². The highest BCUT2D eigenvalue weighted by Crippen LogP contribution is 2.30. The number of hydrogen-bond donors (Lipinski definition) is 2. The largest absolute Gasteiger partial charge is 0.490 e. The number of likely N-dealkylation sites (tertiary alicyclic amines) is 1. The number of carboxylic acids is 1. The number of hydrogen-bond acceptors (Lipinski definition) is 7. The zero-order chi connectivity index (χ0) is 26.9. The van der Waals surface area contributed by atoms with Gasteiger partial charge in [-0.1, -0.05) is 5.21 Å². The van der Waals surface area contributed by atoms with Gasteiger partial charge in [-0.2, -0.15) is 13.2 Å². The van der Waals surface area contributed by atoms with Crippen LogP contribution in [0.25, 0.3) is 5.69 Å². The molecule has 2 fully saturated rings. The van der Waals surface area contributed by atoms with Crippen LogP contribution in [0.2, 0.25) is 0 Å². The number of aliphatic carboxylic acids is 1. The minimum absolute atomic E-state index is 0.171. The van der Waals surface area contributed by atoms with E-state index in [0.717, 1.165) is 42.9 Å². The second-order valence-corrected chi connectivity index (χ2v) is 9.23. The minimum atomic E-state index is -5.08. The Morgan fingerprint density at radius 3 is 2.57 bits per heavy atom. The zero-order valence-electron chi connectivity index (χ0n) is 19.9. The van der Waals surface area contributed by atoms with Crippen molar-refractivity contribution in [3.8, 4) is 5.69 Å². The maximum Gasteiger partial charge on any atom is 0.490 e. The van der Waals surface area contributed by atoms with Gasteiger partial charge in [0.15, 0.2) is 0 Å². The average Bonchev–Trinajstić information content (AvgIpc) is 3.44. The maximum atomic E-state index is 12.8. The van der Waals surface area contributed by atoms with Gasteiger partial charge in [0, 0.05) is 31.0 Å². The van der Waals surface area contributed by atoms with E-state index in [1.165, 1.54) is 0 Å². The maximum absolute atomic E-state index is 12.8. The number of carbonyl (C=O) groups is 4. The van der Waals surface area contributed by atoms with E-state index in [9.17, 15) is 27.6 Å². The molecule has 0 aliphatic carbocycles. The molecule has 2 aromatic rings. The highest BCUT2D eigenvalue weighted by Gasteiger charge is 2.39. The summed E-state index contributed by atoms with van der Waals surface area (Å²) in [5.74, 6) is -3.22. The summed E-state index contributed by atoms with van der Waals surface area (Å²) in [7, 11) is 2.13. The smallest absolute Gasteiger partial charge is 0.475 e. The normalized spacial score (nSPS) is 22.3. The molecule has 0 bridgehead atoms. The number of alkyl halides is 3. The number of rotatable bonds is 3. The SMILES string of the molecule is CN1CCCC(c2cn(-c3ccc4c(c3)CN(C3CCC(=O)NC3=O)C4=O)nn2)C1.O=C(O)C(F)(F)F. The average molecular weight is 522 g/mol. The first kappa shape index (κ1) is 26.3. The molecule has 5 rings (SSSR count). The Balaban J connectivity index is 0.000000405. The molecule has 0 spiro atoms. The van der Waals surface area contributed by atoms with Gasteiger partial charge in [-0.3, -0.25) is 19.7 Å². The summed E-state index contributed by atoms with van der Waals surface area (Å²) in [6, 6.07) is 4.97. The summed E-state index contributed by atoms with van der Waals surface area (Å²) >= 11 is 0. The van der Waals surface area contributed by atoms with Gasteiger partial charge in [0.25, 0.3) is 5.91 Å². The number of aromatic nitrogens is 3. The van der Waals surface area contributed by atoms with E-state index < -0.39 is 24.1 Å². The van der Waals surface area contributed by atoms with Gasteiger partial charge in [0.2, 0.25) is 11.8 Å². The molecule has 3 aliphatic rings. The summed E-state index contributed by atoms with van der Waals surface area (Å²) in [5, 5.41) is 18.2. The molecule has 11 nitrogen and oxygen atoms in total. The molecule has 2 unspecified atom stereocenters. The van der Waals surface area contributed by atoms with Gasteiger partial charge in [-0.15, -0.1) is 5.10 Å². The fourth-order valence-corrected chi connectivity index (χ4v) is 4.70. The van der Waals surface area contributed by atoms with Gasteiger partial charge in [0.1, 0.15) is 6.04 Å². The number of likely N-dealkylation sites (N-methyl/N-ethyl adjacent to an activating group) is 1. The number of carboxylic acid groups (broad SMARTS) is 1. The van der Waals surface area contributed by atoms with Crippen LogP contribution in [0.3, 0.4) is 0 Å². The number of nitrogens with zero attached hydrogens (tertiary/aromatic N) is 5. The Morgan fingerprint density at radius 1 is 1.19 bits per heavy atom. The van der Waals surface area contributed by atoms with Crippen LogP contribution in [0.4, 0.5) is 13.2 Å². The lowest BCUT2D eigenvalue weighted by atomic mass is 9.96. The summed E-state index contributed by atoms with van der Waals surface area (Å²) in [5.41, 5.74) is 3.28. The first-order valence-corrected chi connectivity index (χ1v) is 11.6. The van der Waals surface area contributed by atoms with E-state index >= 15 is 0 Å². The third-order valence-electron chi connectivity index (χ3n) is 6.57. The monoisotopic (exact) mass is 522 g/mol. The summed E-state index contributed by atoms with van der Waals surface area (Å²) < 4.78 is 33.5. The van der Waals surface area contributed by atoms with Crippen LogP contribution in [0.1, 0.15) is 53.2 Å². The van der Waals surface area contributed by atoms with E-state index in [-0.39, 0.29) is 18.2 Å². The van der Waals surface area contributed by atoms with Gasteiger partial charge in [-0.05, 0) is 56.6 Å². The Kier molecular flexibility index (Phi) is 7.30. The third kappa shape index (κ3) is 5.79. The predicted molar refractivity (Wildman–Crippen MR) is 121 cm³/mol. The van der Waals surface area contributed by atoms with Crippen molar-refractivity contribution in [2.75, 3.05) is 20.1 Å². The number of benzene rings is 1. The van der Waals surface area contributed by atoms with Crippen molar-refractivity contribution in [1.29, 1.82) is 0 Å². The van der Waals surface area contributed by atoms with Crippen molar-refractivity contribution in [1.82, 2.24) is 30.1 Å². The molecule has 3 aliphatic heterocycles. The Hall–Kier alpha value is -3.81. The molecule has 37 heavy (non-hydrogen) atoms. The van der Waals surface area contributed by atoms with Gasteiger partial charge in [0.05, 0.1) is 17.6 Å². The summed E-state index contributed by atoms with van der Waals surface area (Å²) in [4.78, 5) is 49.2. The fourth-order valence-electron chi connectivity index (χ4n) is 4.70. The van der Waals surface area contributed by atoms with Crippen molar-refractivity contribution in [3.05, 3.63) is 41.2 Å². The molecular weight excluding hydrogens is 497 g/mol. The van der Waals surface area contributed by atoms with Crippen molar-refractivity contribution in [3.63, 3.8) is 0 Å². The highest BCUT2D eigenvalue weighted by atomic mass is 19.4. The first-order chi connectivity index (χ1) is 17.4. The Morgan fingerprint density at radius 2 is 1.92 bits per heavy atom. The lowest BCUT2D eigenvalue weighted by Gasteiger charge is -2.29. The number of amides is 3. The van der Waals surface area contributed by atoms with Crippen molar-refractivity contribution in [2.45, 2.75) is 50.4 Å². The molecule has 1 aromatic heterocycles. The number of nitrogens with one attached hydrogen (secondary N) is 1. The molecule has 0 radical (unpaired) electrons. The topological polar surface area (TPSA) is 138 Å². The van der Waals surface area contributed by atoms with Crippen LogP contribution < -0.4 is 5.32 Å². The number of fused-ring (bicyclic) bond motifs is 1. The number of halogens is 3. The number of imide groups is 1. The minimum Gasteiger partial charge on any atom is -0.475 e. The van der Waals surface area contributed by atoms with Crippen LogP contribution in [0, 0.1) is 0 Å². The van der Waals surface area contributed by atoms with Gasteiger partial charge >= 0.3 is 12.1 Å². The summed E-state index contributed by atoms with van der Waals surface area (Å²) in [6.45, 7) is 2.45. The van der Waals surface area contributed by atoms with Crippen molar-refractivity contribution in [2.24, 2.45) is 0 Å². The van der Waals surface area contributed by atoms with Crippen molar-refractivity contribution < 1.29 is 37.5 Å². The van der Waals surface area contributed by atoms with Crippen LogP contribution in [-0.4, -0.2) is 85.9 Å². The van der Waals surface area contributed by atoms with E-state index in [2.05, 4.69) is 27.6 Å². The lowest BCUT2D eigenvalue weighted by Crippen LogP contribution is -2.52. The fraction of sp³-hybridized carbons (Fsp3) is 0.478. The quantitative estimate of drug-likeness (QED) is 0.579. The van der Waals surface area contributed by atoms with Gasteiger partial charge < -0.3 is 14.9 Å². The second kappa shape index (κ2) is 10.3.